The van der Waals surface area contributed by atoms with E-state index < -0.39 is 0 Å². The monoisotopic (exact) mass is 288 g/mol. The lowest BCUT2D eigenvalue weighted by molar-refractivity contribution is 0.400. The highest BCUT2D eigenvalue weighted by atomic mass is 16.5. The smallest absolute Gasteiger partial charge is 0.223 e. The third-order valence-corrected chi connectivity index (χ3v) is 3.96. The van der Waals surface area contributed by atoms with Gasteiger partial charge in [-0.25, -0.2) is 4.57 Å². The molecular weight excluding hydrogens is 268 g/mol. The molecule has 0 radical (unpaired) electrons. The molecule has 0 saturated carbocycles. The summed E-state index contributed by atoms with van der Waals surface area (Å²) in [6.07, 6.45) is 3.46. The van der Waals surface area contributed by atoms with Crippen molar-refractivity contribution in [3.05, 3.63) is 30.3 Å². The third-order valence-electron chi connectivity index (χ3n) is 3.96. The first-order chi connectivity index (χ1) is 10.2. The Bertz CT molecular complexity index is 613. The Labute approximate surface area is 124 Å². The number of methoxy groups -OCH3 is 1. The van der Waals surface area contributed by atoms with E-state index in [1.54, 1.807) is 37.4 Å². The maximum Gasteiger partial charge on any atom is 0.223 e. The number of aromatic nitrogens is 1. The molecular formula is C16H20N2O3. The second-order valence-corrected chi connectivity index (χ2v) is 5.29. The van der Waals surface area contributed by atoms with Gasteiger partial charge >= 0.3 is 0 Å². The fourth-order valence-electron chi connectivity index (χ4n) is 2.83. The summed E-state index contributed by atoms with van der Waals surface area (Å²) in [5, 5.41) is 20.6. The molecule has 2 heterocycles. The van der Waals surface area contributed by atoms with Crippen molar-refractivity contribution in [2.75, 3.05) is 25.1 Å². The molecule has 1 fully saturated rings. The standard InChI is InChI=1S/C16H20N2O3/c1-21-13-7-5-12(6-8-13)18-15(19)11-14(16(18)20)17-9-3-2-4-10-17/h5-8,11,19-20H,2-4,9-10H2,1H3. The zero-order valence-electron chi connectivity index (χ0n) is 12.1. The first-order valence-corrected chi connectivity index (χ1v) is 7.24. The summed E-state index contributed by atoms with van der Waals surface area (Å²) in [5.41, 5.74) is 1.40. The van der Waals surface area contributed by atoms with E-state index in [9.17, 15) is 10.2 Å². The number of nitrogens with zero attached hydrogens (tertiary/aromatic N) is 2. The molecule has 0 amide bonds. The number of anilines is 1. The predicted octanol–water partition coefficient (Wildman–Crippen LogP) is 2.89. The van der Waals surface area contributed by atoms with Crippen molar-refractivity contribution in [3.8, 4) is 23.2 Å². The molecule has 0 spiro atoms. The van der Waals surface area contributed by atoms with Gasteiger partial charge in [0.25, 0.3) is 0 Å². The van der Waals surface area contributed by atoms with Gasteiger partial charge in [0.1, 0.15) is 11.4 Å². The van der Waals surface area contributed by atoms with Gasteiger partial charge in [0.15, 0.2) is 0 Å². The number of hydrogen-bond donors (Lipinski definition) is 2. The molecule has 1 aliphatic rings. The quantitative estimate of drug-likeness (QED) is 0.912. The van der Waals surface area contributed by atoms with E-state index in [0.717, 1.165) is 31.7 Å². The van der Waals surface area contributed by atoms with Gasteiger partial charge in [0.05, 0.1) is 12.8 Å². The largest absolute Gasteiger partial charge is 0.497 e. The maximum absolute atomic E-state index is 10.5. The van der Waals surface area contributed by atoms with Crippen LogP contribution >= 0.6 is 0 Å². The highest BCUT2D eigenvalue weighted by molar-refractivity contribution is 5.63. The Morgan fingerprint density at radius 1 is 1.00 bits per heavy atom. The number of ether oxygens (including phenoxy) is 1. The van der Waals surface area contributed by atoms with Crippen molar-refractivity contribution in [2.24, 2.45) is 0 Å². The van der Waals surface area contributed by atoms with Crippen molar-refractivity contribution >= 4 is 5.69 Å². The Balaban J connectivity index is 1.96. The van der Waals surface area contributed by atoms with Crippen LogP contribution in [0, 0.1) is 0 Å². The van der Waals surface area contributed by atoms with Crippen LogP contribution in [0.2, 0.25) is 0 Å². The highest BCUT2D eigenvalue weighted by Crippen LogP contribution is 2.39. The third kappa shape index (κ3) is 2.51. The van der Waals surface area contributed by atoms with Gasteiger partial charge in [-0.3, -0.25) is 0 Å². The SMILES string of the molecule is COc1ccc(-n2c(O)cc(N3CCCCC3)c2O)cc1. The molecule has 0 aliphatic carbocycles. The molecule has 0 atom stereocenters. The summed E-state index contributed by atoms with van der Waals surface area (Å²) in [6.45, 7) is 1.83. The molecule has 112 valence electrons. The van der Waals surface area contributed by atoms with Gasteiger partial charge in [0.2, 0.25) is 11.8 Å². The van der Waals surface area contributed by atoms with Gasteiger partial charge < -0.3 is 19.8 Å². The first kappa shape index (κ1) is 13.7. The number of piperidine rings is 1. The van der Waals surface area contributed by atoms with Crippen molar-refractivity contribution in [3.63, 3.8) is 0 Å². The number of rotatable bonds is 3. The van der Waals surface area contributed by atoms with Crippen LogP contribution in [-0.2, 0) is 0 Å². The Morgan fingerprint density at radius 2 is 1.67 bits per heavy atom. The molecule has 21 heavy (non-hydrogen) atoms. The van der Waals surface area contributed by atoms with Gasteiger partial charge in [-0.05, 0) is 43.5 Å². The molecule has 0 unspecified atom stereocenters. The topological polar surface area (TPSA) is 57.9 Å². The summed E-state index contributed by atoms with van der Waals surface area (Å²) in [4.78, 5) is 2.12. The zero-order chi connectivity index (χ0) is 14.8. The van der Waals surface area contributed by atoms with Crippen LogP contribution < -0.4 is 9.64 Å². The van der Waals surface area contributed by atoms with E-state index in [1.165, 1.54) is 11.0 Å². The van der Waals surface area contributed by atoms with Crippen LogP contribution in [0.1, 0.15) is 19.3 Å². The molecule has 1 saturated heterocycles. The zero-order valence-corrected chi connectivity index (χ0v) is 12.1. The summed E-state index contributed by atoms with van der Waals surface area (Å²) in [6, 6.07) is 8.84. The van der Waals surface area contributed by atoms with E-state index in [0.29, 0.717) is 11.4 Å². The minimum atomic E-state index is 0.0400. The minimum Gasteiger partial charge on any atom is -0.497 e. The summed E-state index contributed by atoms with van der Waals surface area (Å²) in [5.74, 6) is 0.860. The van der Waals surface area contributed by atoms with Crippen molar-refractivity contribution in [1.82, 2.24) is 4.57 Å². The van der Waals surface area contributed by atoms with Gasteiger partial charge in [-0.2, -0.15) is 0 Å². The Hall–Kier alpha value is -2.30. The summed E-state index contributed by atoms with van der Waals surface area (Å²) < 4.78 is 6.57. The predicted molar refractivity (Wildman–Crippen MR) is 81.7 cm³/mol. The van der Waals surface area contributed by atoms with E-state index in [1.807, 2.05) is 0 Å². The molecule has 0 bridgehead atoms. The van der Waals surface area contributed by atoms with Crippen LogP contribution in [0.5, 0.6) is 17.5 Å². The second kappa shape index (κ2) is 5.60. The second-order valence-electron chi connectivity index (χ2n) is 5.29. The van der Waals surface area contributed by atoms with Crippen LogP contribution in [0.25, 0.3) is 5.69 Å². The lowest BCUT2D eigenvalue weighted by atomic mass is 10.1. The molecule has 1 aromatic carbocycles. The van der Waals surface area contributed by atoms with Crippen LogP contribution in [0.4, 0.5) is 5.69 Å². The normalized spacial score (nSPS) is 15.2. The van der Waals surface area contributed by atoms with Crippen molar-refractivity contribution < 1.29 is 14.9 Å². The van der Waals surface area contributed by atoms with Crippen LogP contribution in [-0.4, -0.2) is 35.0 Å². The minimum absolute atomic E-state index is 0.0400. The lowest BCUT2D eigenvalue weighted by Gasteiger charge is -2.27. The van der Waals surface area contributed by atoms with Crippen molar-refractivity contribution in [1.29, 1.82) is 0 Å². The summed E-state index contributed by atoms with van der Waals surface area (Å²) in [7, 11) is 1.61. The highest BCUT2D eigenvalue weighted by Gasteiger charge is 2.21. The van der Waals surface area contributed by atoms with Gasteiger partial charge in [0, 0.05) is 19.2 Å². The maximum atomic E-state index is 10.5. The molecule has 2 aromatic rings. The average molecular weight is 288 g/mol. The Kier molecular flexibility index (Phi) is 3.64. The lowest BCUT2D eigenvalue weighted by Crippen LogP contribution is -2.29. The van der Waals surface area contributed by atoms with Gasteiger partial charge in [-0.1, -0.05) is 0 Å². The fraction of sp³-hybridized carbons (Fsp3) is 0.375. The van der Waals surface area contributed by atoms with Crippen LogP contribution in [0.3, 0.4) is 0 Å². The van der Waals surface area contributed by atoms with E-state index in [2.05, 4.69) is 4.90 Å². The van der Waals surface area contributed by atoms with E-state index in [4.69, 9.17) is 4.74 Å². The molecule has 5 heteroatoms. The van der Waals surface area contributed by atoms with E-state index >= 15 is 0 Å². The fourth-order valence-corrected chi connectivity index (χ4v) is 2.83. The Morgan fingerprint density at radius 3 is 2.29 bits per heavy atom. The molecule has 1 aliphatic heterocycles. The number of aromatic hydroxyl groups is 2. The van der Waals surface area contributed by atoms with E-state index in [-0.39, 0.29) is 11.8 Å². The van der Waals surface area contributed by atoms with Crippen molar-refractivity contribution in [2.45, 2.75) is 19.3 Å². The van der Waals surface area contributed by atoms with Gasteiger partial charge in [-0.15, -0.1) is 0 Å². The van der Waals surface area contributed by atoms with Crippen LogP contribution in [0.15, 0.2) is 30.3 Å². The molecule has 2 N–H and O–H groups in total. The summed E-state index contributed by atoms with van der Waals surface area (Å²) >= 11 is 0. The number of benzene rings is 1. The average Bonchev–Trinajstić information content (AvgIpc) is 2.83. The molecule has 5 nitrogen and oxygen atoms in total. The first-order valence-electron chi connectivity index (χ1n) is 7.24. The molecule has 3 rings (SSSR count). The molecule has 1 aromatic heterocycles. The number of hydrogen-bond acceptors (Lipinski definition) is 4.